The maximum absolute atomic E-state index is 9.03. The van der Waals surface area contributed by atoms with E-state index in [2.05, 4.69) is 4.90 Å². The lowest BCUT2D eigenvalue weighted by atomic mass is 10.2. The summed E-state index contributed by atoms with van der Waals surface area (Å²) in [6.07, 6.45) is 0. The molecule has 7 nitrogen and oxygen atoms in total. The van der Waals surface area contributed by atoms with E-state index in [1.807, 2.05) is 30.3 Å². The number of oxazole rings is 1. The van der Waals surface area contributed by atoms with E-state index in [1.165, 1.54) is 0 Å². The standard InChI is InChI=1S/C23H22ClN3O4/c1-28-18-5-2-16(3-6-18)23-26-21(14-27-8-10-29-11-9-27)22(31-23)15-30-19-7-4-17(13-25)20(24)12-19/h2-7,12H,8-11,14-15H2,1H3. The number of hydrogen-bond donors (Lipinski definition) is 0. The summed E-state index contributed by atoms with van der Waals surface area (Å²) in [6.45, 7) is 3.95. The van der Waals surface area contributed by atoms with Crippen molar-refractivity contribution in [3.8, 4) is 29.0 Å². The lowest BCUT2D eigenvalue weighted by Crippen LogP contribution is -2.36. The van der Waals surface area contributed by atoms with Crippen LogP contribution in [0.3, 0.4) is 0 Å². The molecule has 2 aromatic carbocycles. The fourth-order valence-electron chi connectivity index (χ4n) is 3.27. The van der Waals surface area contributed by atoms with Gasteiger partial charge in [-0.15, -0.1) is 0 Å². The molecule has 0 N–H and O–H groups in total. The average molecular weight is 440 g/mol. The van der Waals surface area contributed by atoms with Crippen molar-refractivity contribution in [1.29, 1.82) is 5.26 Å². The van der Waals surface area contributed by atoms with Gasteiger partial charge in [-0.2, -0.15) is 5.26 Å². The summed E-state index contributed by atoms with van der Waals surface area (Å²) in [5.41, 5.74) is 2.09. The van der Waals surface area contributed by atoms with Crippen molar-refractivity contribution in [3.63, 3.8) is 0 Å². The van der Waals surface area contributed by atoms with Gasteiger partial charge in [-0.1, -0.05) is 11.6 Å². The van der Waals surface area contributed by atoms with Crippen molar-refractivity contribution < 1.29 is 18.6 Å². The molecular formula is C23H22ClN3O4. The van der Waals surface area contributed by atoms with E-state index in [9.17, 15) is 0 Å². The molecule has 1 aliphatic heterocycles. The van der Waals surface area contributed by atoms with E-state index in [1.54, 1.807) is 25.3 Å². The Labute approximate surface area is 185 Å². The van der Waals surface area contributed by atoms with Gasteiger partial charge in [-0.3, -0.25) is 4.90 Å². The van der Waals surface area contributed by atoms with Gasteiger partial charge in [-0.05, 0) is 36.4 Å². The first-order valence-electron chi connectivity index (χ1n) is 9.92. The van der Waals surface area contributed by atoms with Crippen molar-refractivity contribution in [2.45, 2.75) is 13.2 Å². The fraction of sp³-hybridized carbons (Fsp3) is 0.304. The summed E-state index contributed by atoms with van der Waals surface area (Å²) in [4.78, 5) is 7.03. The zero-order chi connectivity index (χ0) is 21.6. The molecule has 0 amide bonds. The highest BCUT2D eigenvalue weighted by molar-refractivity contribution is 6.31. The number of nitrogens with zero attached hydrogens (tertiary/aromatic N) is 3. The van der Waals surface area contributed by atoms with Crippen LogP contribution in [0.1, 0.15) is 17.0 Å². The van der Waals surface area contributed by atoms with Gasteiger partial charge in [0.1, 0.15) is 29.9 Å². The van der Waals surface area contributed by atoms with Crippen LogP contribution in [0.2, 0.25) is 5.02 Å². The monoisotopic (exact) mass is 439 g/mol. The summed E-state index contributed by atoms with van der Waals surface area (Å²) in [7, 11) is 1.63. The molecule has 1 saturated heterocycles. The van der Waals surface area contributed by atoms with Crippen molar-refractivity contribution >= 4 is 11.6 Å². The number of rotatable bonds is 7. The minimum atomic E-state index is 0.199. The highest BCUT2D eigenvalue weighted by Gasteiger charge is 2.20. The molecule has 2 heterocycles. The van der Waals surface area contributed by atoms with Crippen LogP contribution in [-0.2, 0) is 17.9 Å². The number of morpholine rings is 1. The number of ether oxygens (including phenoxy) is 3. The number of halogens is 1. The zero-order valence-electron chi connectivity index (χ0n) is 17.1. The molecule has 1 fully saturated rings. The van der Waals surface area contributed by atoms with Crippen LogP contribution in [0, 0.1) is 11.3 Å². The van der Waals surface area contributed by atoms with Gasteiger partial charge in [0, 0.05) is 31.3 Å². The number of hydrogen-bond acceptors (Lipinski definition) is 7. The van der Waals surface area contributed by atoms with Crippen LogP contribution in [0.15, 0.2) is 46.9 Å². The molecule has 0 aliphatic carbocycles. The van der Waals surface area contributed by atoms with Gasteiger partial charge in [0.25, 0.3) is 0 Å². The molecule has 0 bridgehead atoms. The Morgan fingerprint density at radius 1 is 1.13 bits per heavy atom. The molecule has 3 aromatic rings. The lowest BCUT2D eigenvalue weighted by molar-refractivity contribution is 0.0333. The van der Waals surface area contributed by atoms with Gasteiger partial charge >= 0.3 is 0 Å². The van der Waals surface area contributed by atoms with Crippen LogP contribution < -0.4 is 9.47 Å². The Hall–Kier alpha value is -3.05. The van der Waals surface area contributed by atoms with Crippen LogP contribution in [0.4, 0.5) is 0 Å². The van der Waals surface area contributed by atoms with Gasteiger partial charge in [0.15, 0.2) is 5.76 Å². The highest BCUT2D eigenvalue weighted by Crippen LogP contribution is 2.27. The summed E-state index contributed by atoms with van der Waals surface area (Å²) in [6, 6.07) is 14.6. The summed E-state index contributed by atoms with van der Waals surface area (Å²) in [5.74, 6) is 2.51. The number of nitriles is 1. The molecule has 0 saturated carbocycles. The Balaban J connectivity index is 1.56. The number of benzene rings is 2. The number of methoxy groups -OCH3 is 1. The molecule has 31 heavy (non-hydrogen) atoms. The topological polar surface area (TPSA) is 80.8 Å². The minimum Gasteiger partial charge on any atom is -0.497 e. The first-order valence-corrected chi connectivity index (χ1v) is 10.3. The molecule has 4 rings (SSSR count). The third-order valence-corrected chi connectivity index (χ3v) is 5.34. The van der Waals surface area contributed by atoms with E-state index in [0.717, 1.165) is 30.1 Å². The molecule has 0 unspecified atom stereocenters. The normalized spacial score (nSPS) is 14.2. The Morgan fingerprint density at radius 2 is 1.87 bits per heavy atom. The van der Waals surface area contributed by atoms with Crippen LogP contribution >= 0.6 is 11.6 Å². The molecule has 0 radical (unpaired) electrons. The van der Waals surface area contributed by atoms with E-state index in [-0.39, 0.29) is 6.61 Å². The molecule has 0 atom stereocenters. The minimum absolute atomic E-state index is 0.199. The van der Waals surface area contributed by atoms with Gasteiger partial charge in [0.05, 0.1) is 30.9 Å². The third-order valence-electron chi connectivity index (χ3n) is 5.02. The molecule has 1 aliphatic rings. The van der Waals surface area contributed by atoms with Gasteiger partial charge < -0.3 is 18.6 Å². The largest absolute Gasteiger partial charge is 0.497 e. The van der Waals surface area contributed by atoms with Crippen LogP contribution in [-0.4, -0.2) is 43.3 Å². The number of aromatic nitrogens is 1. The molecule has 160 valence electrons. The maximum atomic E-state index is 9.03. The first kappa shape index (κ1) is 21.2. The quantitative estimate of drug-likeness (QED) is 0.543. The summed E-state index contributed by atoms with van der Waals surface area (Å²) in [5, 5.41) is 9.39. The molecule has 8 heteroatoms. The lowest BCUT2D eigenvalue weighted by Gasteiger charge is -2.25. The van der Waals surface area contributed by atoms with Crippen molar-refractivity contribution in [3.05, 3.63) is 64.5 Å². The van der Waals surface area contributed by atoms with E-state index >= 15 is 0 Å². The molecule has 1 aromatic heterocycles. The Bertz CT molecular complexity index is 1070. The Kier molecular flexibility index (Phi) is 6.73. The van der Waals surface area contributed by atoms with Gasteiger partial charge in [0.2, 0.25) is 5.89 Å². The van der Waals surface area contributed by atoms with E-state index < -0.39 is 0 Å². The first-order chi connectivity index (χ1) is 15.2. The van der Waals surface area contributed by atoms with Crippen molar-refractivity contribution in [2.75, 3.05) is 33.4 Å². The summed E-state index contributed by atoms with van der Waals surface area (Å²) >= 11 is 6.11. The summed E-state index contributed by atoms with van der Waals surface area (Å²) < 4.78 is 22.7. The molecular weight excluding hydrogens is 418 g/mol. The van der Waals surface area contributed by atoms with Crippen molar-refractivity contribution in [1.82, 2.24) is 9.88 Å². The van der Waals surface area contributed by atoms with Crippen LogP contribution in [0.5, 0.6) is 11.5 Å². The van der Waals surface area contributed by atoms with E-state index in [0.29, 0.717) is 47.7 Å². The Morgan fingerprint density at radius 3 is 2.55 bits per heavy atom. The van der Waals surface area contributed by atoms with E-state index in [4.69, 9.17) is 40.5 Å². The van der Waals surface area contributed by atoms with Gasteiger partial charge in [-0.25, -0.2) is 4.98 Å². The van der Waals surface area contributed by atoms with Crippen molar-refractivity contribution in [2.24, 2.45) is 0 Å². The predicted molar refractivity (Wildman–Crippen MR) is 115 cm³/mol. The SMILES string of the molecule is COc1ccc(-c2nc(CN3CCOCC3)c(COc3ccc(C#N)c(Cl)c3)o2)cc1. The second-order valence-electron chi connectivity index (χ2n) is 7.05. The zero-order valence-corrected chi connectivity index (χ0v) is 17.9. The maximum Gasteiger partial charge on any atom is 0.226 e. The second-order valence-corrected chi connectivity index (χ2v) is 7.46. The fourth-order valence-corrected chi connectivity index (χ4v) is 3.49. The smallest absolute Gasteiger partial charge is 0.226 e. The second kappa shape index (κ2) is 9.84. The average Bonchev–Trinajstić information content (AvgIpc) is 3.21. The third kappa shape index (κ3) is 5.17. The molecule has 0 spiro atoms. The van der Waals surface area contributed by atoms with Crippen LogP contribution in [0.25, 0.3) is 11.5 Å². The predicted octanol–water partition coefficient (Wildman–Crippen LogP) is 4.29. The highest BCUT2D eigenvalue weighted by atomic mass is 35.5.